The third-order valence-corrected chi connectivity index (χ3v) is 5.36. The van der Waals surface area contributed by atoms with Gasteiger partial charge in [-0.25, -0.2) is 8.42 Å². The molecule has 1 aromatic rings. The van der Waals surface area contributed by atoms with Crippen LogP contribution in [-0.4, -0.2) is 25.3 Å². The molecule has 0 fully saturated rings. The molecule has 0 aliphatic rings. The molecular weight excluding hydrogens is 302 g/mol. The summed E-state index contributed by atoms with van der Waals surface area (Å²) in [5.41, 5.74) is 0. The van der Waals surface area contributed by atoms with Crippen molar-refractivity contribution in [2.75, 3.05) is 6.54 Å². The normalized spacial score (nSPS) is 12.1. The summed E-state index contributed by atoms with van der Waals surface area (Å²) in [6.07, 6.45) is 1.59. The largest absolute Gasteiger partial charge is 0.244 e. The minimum absolute atomic E-state index is 0.106. The van der Waals surface area contributed by atoms with E-state index in [9.17, 15) is 8.42 Å². The van der Waals surface area contributed by atoms with Crippen LogP contribution in [0.5, 0.6) is 0 Å². The summed E-state index contributed by atoms with van der Waals surface area (Å²) in [4.78, 5) is 0.288. The van der Waals surface area contributed by atoms with Crippen molar-refractivity contribution in [1.82, 2.24) is 4.31 Å². The summed E-state index contributed by atoms with van der Waals surface area (Å²) in [6, 6.07) is 6.71. The Labute approximate surface area is 111 Å². The van der Waals surface area contributed by atoms with Crippen LogP contribution in [0.3, 0.4) is 0 Å². The lowest BCUT2D eigenvalue weighted by Crippen LogP contribution is -2.37. The smallest absolute Gasteiger partial charge is 0.207 e. The van der Waals surface area contributed by atoms with E-state index in [0.29, 0.717) is 11.0 Å². The number of halogens is 1. The van der Waals surface area contributed by atoms with Gasteiger partial charge < -0.3 is 0 Å². The molecule has 0 radical (unpaired) electrons. The lowest BCUT2D eigenvalue weighted by molar-refractivity contribution is 0.382. The van der Waals surface area contributed by atoms with Gasteiger partial charge in [0.15, 0.2) is 0 Å². The summed E-state index contributed by atoms with van der Waals surface area (Å²) in [7, 11) is -3.48. The Morgan fingerprint density at radius 1 is 1.41 bits per heavy atom. The zero-order valence-electron chi connectivity index (χ0n) is 9.93. The van der Waals surface area contributed by atoms with Gasteiger partial charge in [-0.05, 0) is 41.9 Å². The van der Waals surface area contributed by atoms with Gasteiger partial charge in [0, 0.05) is 17.1 Å². The lowest BCUT2D eigenvalue weighted by Gasteiger charge is -2.25. The van der Waals surface area contributed by atoms with Crippen LogP contribution >= 0.6 is 15.9 Å². The standard InChI is InChI=1S/C12H16BrNO2S/c1-4-9-14(10(2)3)17(15,16)12-8-6-5-7-11(12)13/h4-8,10H,1,9H2,2-3H3. The molecule has 0 saturated carbocycles. The van der Waals surface area contributed by atoms with Crippen molar-refractivity contribution in [3.05, 3.63) is 41.4 Å². The molecule has 1 aromatic carbocycles. The molecule has 0 aliphatic carbocycles. The Morgan fingerprint density at radius 3 is 2.47 bits per heavy atom. The van der Waals surface area contributed by atoms with E-state index in [0.717, 1.165) is 0 Å². The molecule has 0 atom stereocenters. The first-order valence-corrected chi connectivity index (χ1v) is 7.52. The van der Waals surface area contributed by atoms with Crippen LogP contribution in [-0.2, 0) is 10.0 Å². The van der Waals surface area contributed by atoms with E-state index in [1.165, 1.54) is 4.31 Å². The van der Waals surface area contributed by atoms with Gasteiger partial charge in [0.1, 0.15) is 0 Å². The molecule has 0 amide bonds. The van der Waals surface area contributed by atoms with Crippen LogP contribution in [0, 0.1) is 0 Å². The summed E-state index contributed by atoms with van der Waals surface area (Å²) < 4.78 is 26.9. The SMILES string of the molecule is C=CCN(C(C)C)S(=O)(=O)c1ccccc1Br. The Bertz CT molecular complexity index is 497. The van der Waals surface area contributed by atoms with Gasteiger partial charge in [-0.15, -0.1) is 6.58 Å². The van der Waals surface area contributed by atoms with Gasteiger partial charge >= 0.3 is 0 Å². The first kappa shape index (κ1) is 14.4. The van der Waals surface area contributed by atoms with E-state index >= 15 is 0 Å². The molecule has 94 valence electrons. The monoisotopic (exact) mass is 317 g/mol. The summed E-state index contributed by atoms with van der Waals surface area (Å²) >= 11 is 3.27. The fourth-order valence-electron chi connectivity index (χ4n) is 1.49. The average Bonchev–Trinajstić information content (AvgIpc) is 2.25. The first-order chi connectivity index (χ1) is 7.91. The Balaban J connectivity index is 3.26. The van der Waals surface area contributed by atoms with Gasteiger partial charge in [0.25, 0.3) is 0 Å². The number of nitrogens with zero attached hydrogens (tertiary/aromatic N) is 1. The van der Waals surface area contributed by atoms with Crippen molar-refractivity contribution >= 4 is 26.0 Å². The van der Waals surface area contributed by atoms with Gasteiger partial charge in [-0.3, -0.25) is 0 Å². The van der Waals surface area contributed by atoms with E-state index in [-0.39, 0.29) is 10.9 Å². The Morgan fingerprint density at radius 2 is 2.00 bits per heavy atom. The number of benzene rings is 1. The zero-order valence-corrected chi connectivity index (χ0v) is 12.3. The second kappa shape index (κ2) is 5.80. The topological polar surface area (TPSA) is 37.4 Å². The first-order valence-electron chi connectivity index (χ1n) is 5.28. The predicted octanol–water partition coefficient (Wildman–Crippen LogP) is 3.03. The van der Waals surface area contributed by atoms with E-state index < -0.39 is 10.0 Å². The second-order valence-corrected chi connectivity index (χ2v) is 6.60. The highest BCUT2D eigenvalue weighted by Crippen LogP contribution is 2.25. The van der Waals surface area contributed by atoms with Crippen molar-refractivity contribution in [1.29, 1.82) is 0 Å². The third kappa shape index (κ3) is 3.18. The molecule has 1 rings (SSSR count). The number of hydrogen-bond acceptors (Lipinski definition) is 2. The maximum atomic E-state index is 12.4. The molecule has 0 aliphatic heterocycles. The van der Waals surface area contributed by atoms with E-state index in [1.807, 2.05) is 13.8 Å². The highest BCUT2D eigenvalue weighted by Gasteiger charge is 2.27. The fourth-order valence-corrected chi connectivity index (χ4v) is 4.07. The summed E-state index contributed by atoms with van der Waals surface area (Å²) in [6.45, 7) is 7.59. The Kier molecular flexibility index (Phi) is 4.91. The minimum atomic E-state index is -3.48. The average molecular weight is 318 g/mol. The summed E-state index contributed by atoms with van der Waals surface area (Å²) in [5.74, 6) is 0. The number of hydrogen-bond donors (Lipinski definition) is 0. The second-order valence-electron chi connectivity index (χ2n) is 3.89. The van der Waals surface area contributed by atoms with Crippen LogP contribution in [0.2, 0.25) is 0 Å². The predicted molar refractivity (Wildman–Crippen MR) is 73.4 cm³/mol. The molecule has 0 N–H and O–H groups in total. The van der Waals surface area contributed by atoms with Gasteiger partial charge in [0.05, 0.1) is 4.90 Å². The van der Waals surface area contributed by atoms with Crippen molar-refractivity contribution in [3.63, 3.8) is 0 Å². The van der Waals surface area contributed by atoms with E-state index in [1.54, 1.807) is 30.3 Å². The summed E-state index contributed by atoms with van der Waals surface area (Å²) in [5, 5.41) is 0. The molecule has 0 heterocycles. The molecule has 5 heteroatoms. The highest BCUT2D eigenvalue weighted by atomic mass is 79.9. The van der Waals surface area contributed by atoms with Crippen LogP contribution in [0.25, 0.3) is 0 Å². The molecular formula is C12H16BrNO2S. The minimum Gasteiger partial charge on any atom is -0.207 e. The van der Waals surface area contributed by atoms with Gasteiger partial charge in [-0.2, -0.15) is 4.31 Å². The Hall–Kier alpha value is -0.650. The molecule has 0 aromatic heterocycles. The molecule has 0 unspecified atom stereocenters. The van der Waals surface area contributed by atoms with Crippen molar-refractivity contribution in [3.8, 4) is 0 Å². The molecule has 0 bridgehead atoms. The van der Waals surface area contributed by atoms with Crippen LogP contribution in [0.4, 0.5) is 0 Å². The van der Waals surface area contributed by atoms with Crippen LogP contribution in [0.1, 0.15) is 13.8 Å². The highest BCUT2D eigenvalue weighted by molar-refractivity contribution is 9.10. The van der Waals surface area contributed by atoms with Crippen molar-refractivity contribution in [2.45, 2.75) is 24.8 Å². The molecule has 0 spiro atoms. The fraction of sp³-hybridized carbons (Fsp3) is 0.333. The maximum absolute atomic E-state index is 12.4. The third-order valence-electron chi connectivity index (χ3n) is 2.31. The molecule has 0 saturated heterocycles. The van der Waals surface area contributed by atoms with Gasteiger partial charge in [0.2, 0.25) is 10.0 Å². The zero-order chi connectivity index (χ0) is 13.1. The molecule has 3 nitrogen and oxygen atoms in total. The van der Waals surface area contributed by atoms with Crippen LogP contribution in [0.15, 0.2) is 46.3 Å². The number of sulfonamides is 1. The van der Waals surface area contributed by atoms with Crippen molar-refractivity contribution in [2.24, 2.45) is 0 Å². The van der Waals surface area contributed by atoms with E-state index in [2.05, 4.69) is 22.5 Å². The van der Waals surface area contributed by atoms with E-state index in [4.69, 9.17) is 0 Å². The lowest BCUT2D eigenvalue weighted by atomic mass is 10.4. The maximum Gasteiger partial charge on any atom is 0.244 e. The quantitative estimate of drug-likeness (QED) is 0.783. The molecule has 17 heavy (non-hydrogen) atoms. The van der Waals surface area contributed by atoms with Crippen LogP contribution < -0.4 is 0 Å². The number of rotatable bonds is 5. The van der Waals surface area contributed by atoms with Gasteiger partial charge in [-0.1, -0.05) is 18.2 Å². The van der Waals surface area contributed by atoms with Crippen molar-refractivity contribution < 1.29 is 8.42 Å².